The average Bonchev–Trinajstić information content (AvgIpc) is 2.55. The first kappa shape index (κ1) is 9.15. The zero-order valence-electron chi connectivity index (χ0n) is 8.31. The van der Waals surface area contributed by atoms with E-state index < -0.39 is 0 Å². The molecule has 14 heavy (non-hydrogen) atoms. The summed E-state index contributed by atoms with van der Waals surface area (Å²) in [6.07, 6.45) is 1.74. The highest BCUT2D eigenvalue weighted by molar-refractivity contribution is 5.71. The first-order valence-electron chi connectivity index (χ1n) is 4.66. The second-order valence-electron chi connectivity index (χ2n) is 3.50. The van der Waals surface area contributed by atoms with E-state index >= 15 is 0 Å². The first-order chi connectivity index (χ1) is 6.74. The lowest BCUT2D eigenvalue weighted by Gasteiger charge is -2.10. The van der Waals surface area contributed by atoms with Crippen molar-refractivity contribution in [2.45, 2.75) is 26.5 Å². The van der Waals surface area contributed by atoms with E-state index in [1.54, 1.807) is 6.20 Å². The third kappa shape index (κ3) is 1.28. The summed E-state index contributed by atoms with van der Waals surface area (Å²) in [5.41, 5.74) is 1.68. The van der Waals surface area contributed by atoms with Crippen molar-refractivity contribution in [3.8, 4) is 0 Å². The van der Waals surface area contributed by atoms with Gasteiger partial charge in [0.2, 0.25) is 0 Å². The van der Waals surface area contributed by atoms with E-state index in [1.807, 2.05) is 16.7 Å². The Balaban J connectivity index is 2.74. The number of imidazole rings is 1. The van der Waals surface area contributed by atoms with Crippen molar-refractivity contribution in [1.29, 1.82) is 0 Å². The Bertz CT molecular complexity index is 448. The molecule has 0 amide bonds. The molecule has 0 radical (unpaired) electrons. The van der Waals surface area contributed by atoms with Crippen molar-refractivity contribution < 1.29 is 5.11 Å². The second-order valence-corrected chi connectivity index (χ2v) is 3.50. The first-order valence-corrected chi connectivity index (χ1v) is 4.66. The largest absolute Gasteiger partial charge is 0.388 e. The van der Waals surface area contributed by atoms with Crippen LogP contribution in [0.2, 0.25) is 0 Å². The summed E-state index contributed by atoms with van der Waals surface area (Å²) in [5, 5.41) is 9.16. The SMILES string of the molecule is CC(C)n1c(CO)nc2cccnc21. The number of fused-ring (bicyclic) bond motifs is 1. The summed E-state index contributed by atoms with van der Waals surface area (Å²) in [4.78, 5) is 8.56. The second kappa shape index (κ2) is 3.38. The average molecular weight is 191 g/mol. The van der Waals surface area contributed by atoms with Gasteiger partial charge in [0.1, 0.15) is 17.9 Å². The monoisotopic (exact) mass is 191 g/mol. The Kier molecular flexibility index (Phi) is 2.21. The smallest absolute Gasteiger partial charge is 0.160 e. The topological polar surface area (TPSA) is 50.9 Å². The van der Waals surface area contributed by atoms with Gasteiger partial charge in [-0.25, -0.2) is 9.97 Å². The Morgan fingerprint density at radius 2 is 2.29 bits per heavy atom. The van der Waals surface area contributed by atoms with Crippen LogP contribution >= 0.6 is 0 Å². The molecule has 0 aliphatic heterocycles. The van der Waals surface area contributed by atoms with E-state index in [4.69, 9.17) is 5.11 Å². The van der Waals surface area contributed by atoms with Crippen LogP contribution < -0.4 is 0 Å². The van der Waals surface area contributed by atoms with Crippen LogP contribution in [0, 0.1) is 0 Å². The molecular weight excluding hydrogens is 178 g/mol. The van der Waals surface area contributed by atoms with Gasteiger partial charge in [0, 0.05) is 12.2 Å². The van der Waals surface area contributed by atoms with E-state index in [-0.39, 0.29) is 12.6 Å². The van der Waals surface area contributed by atoms with E-state index in [0.29, 0.717) is 5.82 Å². The molecule has 0 bridgehead atoms. The number of aliphatic hydroxyl groups excluding tert-OH is 1. The lowest BCUT2D eigenvalue weighted by atomic mass is 10.3. The van der Waals surface area contributed by atoms with Crippen molar-refractivity contribution in [3.63, 3.8) is 0 Å². The number of aromatic nitrogens is 3. The minimum absolute atomic E-state index is 0.0471. The van der Waals surface area contributed by atoms with Gasteiger partial charge < -0.3 is 9.67 Å². The number of rotatable bonds is 2. The van der Waals surface area contributed by atoms with E-state index in [2.05, 4.69) is 23.8 Å². The molecule has 0 saturated carbocycles. The highest BCUT2D eigenvalue weighted by Crippen LogP contribution is 2.18. The number of aliphatic hydroxyl groups is 1. The summed E-state index contributed by atoms with van der Waals surface area (Å²) in [5.74, 6) is 0.675. The maximum absolute atomic E-state index is 9.16. The molecule has 74 valence electrons. The van der Waals surface area contributed by atoms with Crippen molar-refractivity contribution in [2.24, 2.45) is 0 Å². The molecule has 0 atom stereocenters. The van der Waals surface area contributed by atoms with Gasteiger partial charge in [0.15, 0.2) is 5.65 Å². The lowest BCUT2D eigenvalue weighted by Crippen LogP contribution is -2.06. The number of hydrogen-bond donors (Lipinski definition) is 1. The normalized spacial score (nSPS) is 11.4. The number of hydrogen-bond acceptors (Lipinski definition) is 3. The third-order valence-corrected chi connectivity index (χ3v) is 2.18. The van der Waals surface area contributed by atoms with Gasteiger partial charge in [-0.2, -0.15) is 0 Å². The minimum atomic E-state index is -0.0471. The fourth-order valence-corrected chi connectivity index (χ4v) is 1.63. The van der Waals surface area contributed by atoms with Crippen molar-refractivity contribution in [1.82, 2.24) is 14.5 Å². The molecule has 4 heteroatoms. The molecule has 0 fully saturated rings. The zero-order chi connectivity index (χ0) is 10.1. The molecule has 4 nitrogen and oxygen atoms in total. The maximum atomic E-state index is 9.16. The Morgan fingerprint density at radius 3 is 2.93 bits per heavy atom. The molecule has 0 aliphatic carbocycles. The van der Waals surface area contributed by atoms with Gasteiger partial charge in [-0.15, -0.1) is 0 Å². The molecular formula is C10H13N3O. The quantitative estimate of drug-likeness (QED) is 0.782. The van der Waals surface area contributed by atoms with E-state index in [0.717, 1.165) is 11.2 Å². The van der Waals surface area contributed by atoms with Crippen LogP contribution in [-0.2, 0) is 6.61 Å². The van der Waals surface area contributed by atoms with Gasteiger partial charge in [0.25, 0.3) is 0 Å². The van der Waals surface area contributed by atoms with Crippen LogP contribution in [0.25, 0.3) is 11.2 Å². The van der Waals surface area contributed by atoms with Gasteiger partial charge in [-0.1, -0.05) is 0 Å². The fourth-order valence-electron chi connectivity index (χ4n) is 1.63. The molecule has 0 aliphatic rings. The van der Waals surface area contributed by atoms with Crippen LogP contribution in [0.5, 0.6) is 0 Å². The molecule has 0 aromatic carbocycles. The molecule has 0 spiro atoms. The fraction of sp³-hybridized carbons (Fsp3) is 0.400. The van der Waals surface area contributed by atoms with Crippen LogP contribution in [0.15, 0.2) is 18.3 Å². The van der Waals surface area contributed by atoms with Crippen LogP contribution in [-0.4, -0.2) is 19.6 Å². The molecule has 2 aromatic heterocycles. The van der Waals surface area contributed by atoms with Crippen molar-refractivity contribution in [2.75, 3.05) is 0 Å². The Hall–Kier alpha value is -1.42. The maximum Gasteiger partial charge on any atom is 0.160 e. The highest BCUT2D eigenvalue weighted by atomic mass is 16.3. The molecule has 0 saturated heterocycles. The Labute approximate surface area is 82.2 Å². The summed E-state index contributed by atoms with van der Waals surface area (Å²) in [6, 6.07) is 4.01. The summed E-state index contributed by atoms with van der Waals surface area (Å²) >= 11 is 0. The van der Waals surface area contributed by atoms with Crippen molar-refractivity contribution in [3.05, 3.63) is 24.2 Å². The van der Waals surface area contributed by atoms with Gasteiger partial charge >= 0.3 is 0 Å². The van der Waals surface area contributed by atoms with Crippen LogP contribution in [0.1, 0.15) is 25.7 Å². The molecule has 1 N–H and O–H groups in total. The summed E-state index contributed by atoms with van der Waals surface area (Å²) < 4.78 is 1.95. The van der Waals surface area contributed by atoms with E-state index in [1.165, 1.54) is 0 Å². The van der Waals surface area contributed by atoms with E-state index in [9.17, 15) is 0 Å². The third-order valence-electron chi connectivity index (χ3n) is 2.18. The molecule has 2 heterocycles. The Morgan fingerprint density at radius 1 is 1.50 bits per heavy atom. The molecule has 2 rings (SSSR count). The minimum Gasteiger partial charge on any atom is -0.388 e. The predicted molar refractivity (Wildman–Crippen MR) is 53.8 cm³/mol. The van der Waals surface area contributed by atoms with Crippen LogP contribution in [0.4, 0.5) is 0 Å². The van der Waals surface area contributed by atoms with Crippen LogP contribution in [0.3, 0.4) is 0 Å². The zero-order valence-corrected chi connectivity index (χ0v) is 8.31. The number of pyridine rings is 1. The molecule has 0 unspecified atom stereocenters. The van der Waals surface area contributed by atoms with Gasteiger partial charge in [0.05, 0.1) is 0 Å². The summed E-state index contributed by atoms with van der Waals surface area (Å²) in [7, 11) is 0. The van der Waals surface area contributed by atoms with Gasteiger partial charge in [-0.3, -0.25) is 0 Å². The standard InChI is InChI=1S/C10H13N3O/c1-7(2)13-9(6-14)12-8-4-3-5-11-10(8)13/h3-5,7,14H,6H2,1-2H3. The van der Waals surface area contributed by atoms with Crippen molar-refractivity contribution >= 4 is 11.2 Å². The number of nitrogens with zero attached hydrogens (tertiary/aromatic N) is 3. The summed E-state index contributed by atoms with van der Waals surface area (Å²) in [6.45, 7) is 4.05. The molecule has 2 aromatic rings. The predicted octanol–water partition coefficient (Wildman–Crippen LogP) is 1.50. The van der Waals surface area contributed by atoms with Gasteiger partial charge in [-0.05, 0) is 26.0 Å². The lowest BCUT2D eigenvalue weighted by molar-refractivity contribution is 0.263. The highest BCUT2D eigenvalue weighted by Gasteiger charge is 2.12.